The Bertz CT molecular complexity index is 2360. The molecular formula is C42H39BrF2N8O6. The van der Waals surface area contributed by atoms with E-state index in [0.717, 1.165) is 46.9 Å². The highest BCUT2D eigenvalue weighted by molar-refractivity contribution is 9.09. The van der Waals surface area contributed by atoms with E-state index in [1.807, 2.05) is 9.80 Å². The number of hydrogen-bond donors (Lipinski definition) is 1. The zero-order chi connectivity index (χ0) is 41.4. The molecule has 10 rings (SSSR count). The van der Waals surface area contributed by atoms with Gasteiger partial charge in [0.2, 0.25) is 0 Å². The van der Waals surface area contributed by atoms with Crippen molar-refractivity contribution in [3.63, 3.8) is 0 Å². The first kappa shape index (κ1) is 39.7. The molecule has 304 valence electrons. The number of H-pyrrole nitrogens is 1. The minimum absolute atomic E-state index is 0.0197. The molecule has 6 aliphatic rings. The highest BCUT2D eigenvalue weighted by Crippen LogP contribution is 2.33. The highest BCUT2D eigenvalue weighted by atomic mass is 79.9. The number of imide groups is 2. The van der Waals surface area contributed by atoms with Crippen molar-refractivity contribution < 1.29 is 37.5 Å². The van der Waals surface area contributed by atoms with Crippen LogP contribution in [0.2, 0.25) is 0 Å². The van der Waals surface area contributed by atoms with E-state index in [0.29, 0.717) is 76.8 Å². The highest BCUT2D eigenvalue weighted by Gasteiger charge is 2.39. The van der Waals surface area contributed by atoms with E-state index in [9.17, 15) is 37.5 Å². The van der Waals surface area contributed by atoms with Gasteiger partial charge in [-0.05, 0) is 61.1 Å². The summed E-state index contributed by atoms with van der Waals surface area (Å²) in [6, 6.07) is 14.0. The second-order valence-corrected chi connectivity index (χ2v) is 15.6. The molecule has 0 saturated heterocycles. The molecule has 0 bridgehead atoms. The molecular weight excluding hydrogens is 830 g/mol. The van der Waals surface area contributed by atoms with Crippen LogP contribution in [0.4, 0.5) is 8.78 Å². The van der Waals surface area contributed by atoms with Crippen LogP contribution >= 0.6 is 15.9 Å². The lowest BCUT2D eigenvalue weighted by atomic mass is 10.1. The Morgan fingerprint density at radius 3 is 1.59 bits per heavy atom. The second-order valence-electron chi connectivity index (χ2n) is 15.1. The summed E-state index contributed by atoms with van der Waals surface area (Å²) in [5.74, 6) is -1.46. The number of carbonyl (C=O) groups excluding carboxylic acids is 6. The summed E-state index contributed by atoms with van der Waals surface area (Å²) in [5, 5.41) is 11.5. The third kappa shape index (κ3) is 7.90. The molecule has 59 heavy (non-hydrogen) atoms. The van der Waals surface area contributed by atoms with Crippen molar-refractivity contribution >= 4 is 51.4 Å². The number of fused-ring (bicyclic) bond motifs is 4. The summed E-state index contributed by atoms with van der Waals surface area (Å²) in [5.41, 5.74) is 5.04. The van der Waals surface area contributed by atoms with Crippen molar-refractivity contribution in [3.05, 3.63) is 129 Å². The van der Waals surface area contributed by atoms with E-state index in [1.54, 1.807) is 60.9 Å². The molecule has 0 atom stereocenters. The summed E-state index contributed by atoms with van der Waals surface area (Å²) in [6.07, 6.45) is 10.2. The minimum atomic E-state index is -0.431. The van der Waals surface area contributed by atoms with Crippen molar-refractivity contribution in [2.75, 3.05) is 31.5 Å². The number of nitrogens with zero attached hydrogens (tertiary/aromatic N) is 7. The van der Waals surface area contributed by atoms with Crippen LogP contribution < -0.4 is 0 Å². The van der Waals surface area contributed by atoms with Crippen LogP contribution in [-0.4, -0.2) is 119 Å². The maximum Gasteiger partial charge on any atom is 0.261 e. The summed E-state index contributed by atoms with van der Waals surface area (Å²) in [6.45, 7) is 1.41. The van der Waals surface area contributed by atoms with Crippen molar-refractivity contribution in [2.45, 2.75) is 57.2 Å². The standard InChI is InChI=1S/C21H19FN4O3.C12H9BrFNO2.C9H11N3O/c22-9-13(11-26-19(27)15-3-1-2-4-16(15)20(26)28)10-24-12-17-18(23-24)7-8-25(21(17)29)14-5-6-14;13-5-8(6-14)7-15-11(16)9-3-1-2-4-10(9)12(15)17;13-9-7-5-10-11-8(7)3-4-12(9)6-1-2-6/h1-4,9,12,14H,5-8,10-11H2;1-4,6H,5,7H2;5-6H,1-4H2,(H,10,11)/b13-9-;8-6-;. The Balaban J connectivity index is 0.000000136. The quantitative estimate of drug-likeness (QED) is 0.175. The number of benzene rings is 2. The summed E-state index contributed by atoms with van der Waals surface area (Å²) in [7, 11) is 0. The summed E-state index contributed by atoms with van der Waals surface area (Å²) in [4.78, 5) is 79.3. The molecule has 2 aliphatic carbocycles. The average molecular weight is 870 g/mol. The largest absolute Gasteiger partial charge is 0.335 e. The van der Waals surface area contributed by atoms with E-state index in [1.165, 1.54) is 17.5 Å². The van der Waals surface area contributed by atoms with Crippen molar-refractivity contribution in [3.8, 4) is 0 Å². The van der Waals surface area contributed by atoms with Crippen LogP contribution in [0.15, 0.2) is 84.7 Å². The Labute approximate surface area is 345 Å². The molecule has 4 aromatic rings. The van der Waals surface area contributed by atoms with Crippen LogP contribution in [0.5, 0.6) is 0 Å². The lowest BCUT2D eigenvalue weighted by Crippen LogP contribution is -2.38. The van der Waals surface area contributed by atoms with Gasteiger partial charge in [0.05, 0.1) is 77.6 Å². The van der Waals surface area contributed by atoms with E-state index < -0.39 is 11.8 Å². The van der Waals surface area contributed by atoms with Gasteiger partial charge in [-0.25, -0.2) is 8.78 Å². The Hall–Kier alpha value is -6.10. The Kier molecular flexibility index (Phi) is 11.2. The monoisotopic (exact) mass is 868 g/mol. The molecule has 0 unspecified atom stereocenters. The number of rotatable bonds is 9. The average Bonchev–Trinajstić information content (AvgIpc) is 4.16. The van der Waals surface area contributed by atoms with Gasteiger partial charge in [0.15, 0.2) is 0 Å². The normalized spacial score (nSPS) is 18.6. The fraction of sp³-hybridized carbons (Fsp3) is 0.333. The number of alkyl halides is 1. The van der Waals surface area contributed by atoms with Crippen LogP contribution in [0.1, 0.15) is 99.2 Å². The van der Waals surface area contributed by atoms with Gasteiger partial charge in [0, 0.05) is 55.2 Å². The molecule has 17 heteroatoms. The van der Waals surface area contributed by atoms with Gasteiger partial charge in [-0.3, -0.25) is 48.3 Å². The SMILES string of the molecule is O=C1c2ccccc2C(=O)N1C/C(=C\F)CBr.O=C1c2ccccc2C(=O)N1C/C(=C\F)Cn1cc2c(n1)CCN(C1CC1)C2=O.O=C1c2cn[nH]c2CCN1C1CC1. The van der Waals surface area contributed by atoms with E-state index in [4.69, 9.17) is 0 Å². The predicted octanol–water partition coefficient (Wildman–Crippen LogP) is 5.29. The number of aromatic amines is 1. The molecule has 14 nitrogen and oxygen atoms in total. The zero-order valence-electron chi connectivity index (χ0n) is 31.8. The molecule has 2 fully saturated rings. The van der Waals surface area contributed by atoms with Gasteiger partial charge in [-0.1, -0.05) is 40.2 Å². The predicted molar refractivity (Wildman–Crippen MR) is 212 cm³/mol. The fourth-order valence-electron chi connectivity index (χ4n) is 7.64. The molecule has 2 aromatic heterocycles. The molecule has 1 N–H and O–H groups in total. The first-order valence-electron chi connectivity index (χ1n) is 19.3. The number of halogens is 3. The molecule has 2 aromatic carbocycles. The van der Waals surface area contributed by atoms with Crippen LogP contribution in [0.25, 0.3) is 0 Å². The topological polar surface area (TPSA) is 162 Å². The maximum absolute atomic E-state index is 13.6. The van der Waals surface area contributed by atoms with Crippen molar-refractivity contribution in [1.29, 1.82) is 0 Å². The van der Waals surface area contributed by atoms with Crippen LogP contribution in [0.3, 0.4) is 0 Å². The zero-order valence-corrected chi connectivity index (χ0v) is 33.4. The second kappa shape index (κ2) is 16.6. The molecule has 4 aliphatic heterocycles. The molecule has 6 amide bonds. The van der Waals surface area contributed by atoms with E-state index in [-0.39, 0.29) is 54.2 Å². The summed E-state index contributed by atoms with van der Waals surface area (Å²) < 4.78 is 27.6. The number of nitrogens with one attached hydrogen (secondary N) is 1. The van der Waals surface area contributed by atoms with Gasteiger partial charge in [-0.2, -0.15) is 10.2 Å². The first-order valence-corrected chi connectivity index (χ1v) is 20.5. The van der Waals surface area contributed by atoms with Gasteiger partial charge >= 0.3 is 0 Å². The Morgan fingerprint density at radius 1 is 0.644 bits per heavy atom. The van der Waals surface area contributed by atoms with Crippen molar-refractivity contribution in [2.24, 2.45) is 0 Å². The number of hydrogen-bond acceptors (Lipinski definition) is 8. The summed E-state index contributed by atoms with van der Waals surface area (Å²) >= 11 is 3.10. The van der Waals surface area contributed by atoms with Crippen molar-refractivity contribution in [1.82, 2.24) is 39.6 Å². The van der Waals surface area contributed by atoms with Crippen LogP contribution in [0, 0.1) is 0 Å². The first-order chi connectivity index (χ1) is 28.6. The smallest absolute Gasteiger partial charge is 0.261 e. The maximum atomic E-state index is 13.6. The lowest BCUT2D eigenvalue weighted by molar-refractivity contribution is 0.0651. The number of aromatic nitrogens is 4. The van der Waals surface area contributed by atoms with E-state index >= 15 is 0 Å². The minimum Gasteiger partial charge on any atom is -0.335 e. The van der Waals surface area contributed by atoms with E-state index in [2.05, 4.69) is 31.2 Å². The fourth-order valence-corrected chi connectivity index (χ4v) is 7.94. The van der Waals surface area contributed by atoms with Gasteiger partial charge in [0.1, 0.15) is 0 Å². The molecule has 6 heterocycles. The molecule has 2 saturated carbocycles. The van der Waals surface area contributed by atoms with Gasteiger partial charge in [0.25, 0.3) is 35.4 Å². The number of amides is 6. The van der Waals surface area contributed by atoms with Crippen LogP contribution in [-0.2, 0) is 19.4 Å². The Morgan fingerprint density at radius 2 is 1.12 bits per heavy atom. The van der Waals surface area contributed by atoms with Gasteiger partial charge in [-0.15, -0.1) is 0 Å². The molecule has 0 spiro atoms. The third-order valence-corrected chi connectivity index (χ3v) is 11.8. The lowest BCUT2D eigenvalue weighted by Gasteiger charge is -2.25. The molecule has 0 radical (unpaired) electrons. The van der Waals surface area contributed by atoms with Gasteiger partial charge < -0.3 is 9.80 Å². The number of carbonyl (C=O) groups is 6. The third-order valence-electron chi connectivity index (χ3n) is 11.0.